The summed E-state index contributed by atoms with van der Waals surface area (Å²) < 4.78 is 5.07. The van der Waals surface area contributed by atoms with Gasteiger partial charge in [-0.1, -0.05) is 0 Å². The number of ether oxygens (including phenoxy) is 1. The monoisotopic (exact) mass is 263 g/mol. The molecule has 1 heterocycles. The summed E-state index contributed by atoms with van der Waals surface area (Å²) in [4.78, 5) is 9.25. The molecule has 0 bridgehead atoms. The van der Waals surface area contributed by atoms with Crippen molar-refractivity contribution in [2.24, 2.45) is 0 Å². The fourth-order valence-corrected chi connectivity index (χ4v) is 2.35. The zero-order valence-corrected chi connectivity index (χ0v) is 12.3. The Morgan fingerprint density at radius 1 is 1.16 bits per heavy atom. The van der Waals surface area contributed by atoms with Gasteiger partial charge in [0.2, 0.25) is 0 Å². The van der Waals surface area contributed by atoms with Crippen LogP contribution in [0.4, 0.5) is 0 Å². The lowest BCUT2D eigenvalue weighted by Gasteiger charge is -2.11. The Labute approximate surface area is 116 Å². The molecule has 1 aromatic heterocycles. The molecule has 1 aromatic rings. The van der Waals surface area contributed by atoms with Gasteiger partial charge in [-0.25, -0.2) is 9.97 Å². The van der Waals surface area contributed by atoms with Gasteiger partial charge in [-0.15, -0.1) is 0 Å². The van der Waals surface area contributed by atoms with E-state index in [4.69, 9.17) is 4.74 Å². The van der Waals surface area contributed by atoms with Crippen LogP contribution in [0.2, 0.25) is 0 Å². The molecular weight excluding hydrogens is 238 g/mol. The topological polar surface area (TPSA) is 47.0 Å². The fourth-order valence-electron chi connectivity index (χ4n) is 2.35. The summed E-state index contributed by atoms with van der Waals surface area (Å²) in [5.74, 6) is 0.950. The molecule has 1 aliphatic rings. The Balaban J connectivity index is 1.91. The van der Waals surface area contributed by atoms with Crippen LogP contribution in [0.1, 0.15) is 42.0 Å². The van der Waals surface area contributed by atoms with Crippen molar-refractivity contribution in [1.29, 1.82) is 0 Å². The van der Waals surface area contributed by atoms with Crippen LogP contribution in [0.25, 0.3) is 0 Å². The minimum atomic E-state index is 0.772. The van der Waals surface area contributed by atoms with E-state index in [0.29, 0.717) is 0 Å². The van der Waals surface area contributed by atoms with Crippen LogP contribution in [0.3, 0.4) is 0 Å². The zero-order valence-electron chi connectivity index (χ0n) is 12.3. The molecular formula is C15H25N3O. The Hall–Kier alpha value is -1.00. The van der Waals surface area contributed by atoms with Crippen LogP contribution in [0.15, 0.2) is 0 Å². The SMILES string of the molecule is COCCCc1nc(C)c(CCNC2CC2)c(C)n1. The van der Waals surface area contributed by atoms with Gasteiger partial charge < -0.3 is 10.1 Å². The molecule has 0 aliphatic heterocycles. The highest BCUT2D eigenvalue weighted by Gasteiger charge is 2.20. The average Bonchev–Trinajstić information content (AvgIpc) is 3.17. The van der Waals surface area contributed by atoms with Crippen LogP contribution in [-0.2, 0) is 17.6 Å². The van der Waals surface area contributed by atoms with Crippen LogP contribution in [-0.4, -0.2) is 36.3 Å². The Kier molecular flexibility index (Phi) is 5.28. The molecule has 0 radical (unpaired) electrons. The maximum atomic E-state index is 5.07. The summed E-state index contributed by atoms with van der Waals surface area (Å²) in [5, 5.41) is 3.54. The largest absolute Gasteiger partial charge is 0.385 e. The maximum Gasteiger partial charge on any atom is 0.128 e. The van der Waals surface area contributed by atoms with Crippen LogP contribution >= 0.6 is 0 Å². The van der Waals surface area contributed by atoms with E-state index in [2.05, 4.69) is 29.1 Å². The minimum absolute atomic E-state index is 0.772. The molecule has 4 nitrogen and oxygen atoms in total. The first-order valence-electron chi connectivity index (χ1n) is 7.26. The van der Waals surface area contributed by atoms with Crippen molar-refractivity contribution in [3.63, 3.8) is 0 Å². The lowest BCUT2D eigenvalue weighted by Crippen LogP contribution is -2.20. The molecule has 1 N–H and O–H groups in total. The molecule has 0 spiro atoms. The van der Waals surface area contributed by atoms with E-state index in [-0.39, 0.29) is 0 Å². The quantitative estimate of drug-likeness (QED) is 0.728. The van der Waals surface area contributed by atoms with Crippen molar-refractivity contribution < 1.29 is 4.74 Å². The highest BCUT2D eigenvalue weighted by molar-refractivity contribution is 5.24. The standard InChI is InChI=1S/C15H25N3O/c1-11-14(8-9-16-13-6-7-13)12(2)18-15(17-11)5-4-10-19-3/h13,16H,4-10H2,1-3H3. The third kappa shape index (κ3) is 4.55. The van der Waals surface area contributed by atoms with Crippen molar-refractivity contribution in [2.75, 3.05) is 20.3 Å². The van der Waals surface area contributed by atoms with Gasteiger partial charge in [0.15, 0.2) is 0 Å². The van der Waals surface area contributed by atoms with Gasteiger partial charge in [0.05, 0.1) is 0 Å². The first-order chi connectivity index (χ1) is 9.20. The van der Waals surface area contributed by atoms with E-state index in [1.165, 1.54) is 18.4 Å². The molecule has 0 atom stereocenters. The van der Waals surface area contributed by atoms with E-state index in [1.807, 2.05) is 0 Å². The molecule has 2 rings (SSSR count). The fraction of sp³-hybridized carbons (Fsp3) is 0.733. The van der Waals surface area contributed by atoms with E-state index in [1.54, 1.807) is 7.11 Å². The van der Waals surface area contributed by atoms with Crippen LogP contribution < -0.4 is 5.32 Å². The average molecular weight is 263 g/mol. The third-order valence-electron chi connectivity index (χ3n) is 3.60. The molecule has 0 unspecified atom stereocenters. The third-order valence-corrected chi connectivity index (χ3v) is 3.60. The molecule has 1 saturated carbocycles. The summed E-state index contributed by atoms with van der Waals surface area (Å²) in [7, 11) is 1.73. The number of aromatic nitrogens is 2. The molecule has 4 heteroatoms. The van der Waals surface area contributed by atoms with Crippen molar-refractivity contribution in [3.8, 4) is 0 Å². The van der Waals surface area contributed by atoms with Gasteiger partial charge in [-0.05, 0) is 51.6 Å². The summed E-state index contributed by atoms with van der Waals surface area (Å²) in [5.41, 5.74) is 3.58. The Morgan fingerprint density at radius 2 is 1.84 bits per heavy atom. The van der Waals surface area contributed by atoms with Gasteiger partial charge in [-0.2, -0.15) is 0 Å². The van der Waals surface area contributed by atoms with Gasteiger partial charge in [0, 0.05) is 37.6 Å². The second-order valence-electron chi connectivity index (χ2n) is 5.36. The summed E-state index contributed by atoms with van der Waals surface area (Å²) in [6.45, 7) is 6.01. The number of aryl methyl sites for hydroxylation is 3. The number of methoxy groups -OCH3 is 1. The van der Waals surface area contributed by atoms with Crippen LogP contribution in [0, 0.1) is 13.8 Å². The zero-order chi connectivity index (χ0) is 13.7. The lowest BCUT2D eigenvalue weighted by atomic mass is 10.1. The van der Waals surface area contributed by atoms with Crippen LogP contribution in [0.5, 0.6) is 0 Å². The summed E-state index contributed by atoms with van der Waals surface area (Å²) in [6.07, 6.45) is 5.60. The van der Waals surface area contributed by atoms with Crippen molar-refractivity contribution in [3.05, 3.63) is 22.8 Å². The molecule has 1 fully saturated rings. The Bertz CT molecular complexity index is 393. The second-order valence-corrected chi connectivity index (χ2v) is 5.36. The molecule has 19 heavy (non-hydrogen) atoms. The first-order valence-corrected chi connectivity index (χ1v) is 7.26. The predicted octanol–water partition coefficient (Wildman–Crippen LogP) is 1.97. The lowest BCUT2D eigenvalue weighted by molar-refractivity contribution is 0.194. The molecule has 0 saturated heterocycles. The molecule has 106 valence electrons. The predicted molar refractivity (Wildman–Crippen MR) is 76.4 cm³/mol. The normalized spacial score (nSPS) is 14.9. The summed E-state index contributed by atoms with van der Waals surface area (Å²) >= 11 is 0. The first kappa shape index (κ1) is 14.4. The number of nitrogens with one attached hydrogen (secondary N) is 1. The van der Waals surface area contributed by atoms with Gasteiger partial charge in [-0.3, -0.25) is 0 Å². The smallest absolute Gasteiger partial charge is 0.128 e. The number of hydrogen-bond donors (Lipinski definition) is 1. The summed E-state index contributed by atoms with van der Waals surface area (Å²) in [6, 6.07) is 0.773. The number of hydrogen-bond acceptors (Lipinski definition) is 4. The molecule has 0 amide bonds. The van der Waals surface area contributed by atoms with E-state index in [0.717, 1.165) is 55.7 Å². The van der Waals surface area contributed by atoms with Crippen molar-refractivity contribution in [2.45, 2.75) is 52.0 Å². The maximum absolute atomic E-state index is 5.07. The highest BCUT2D eigenvalue weighted by Crippen LogP contribution is 2.19. The van der Waals surface area contributed by atoms with Gasteiger partial charge in [0.1, 0.15) is 5.82 Å². The van der Waals surface area contributed by atoms with E-state index >= 15 is 0 Å². The Morgan fingerprint density at radius 3 is 2.42 bits per heavy atom. The van der Waals surface area contributed by atoms with Crippen molar-refractivity contribution >= 4 is 0 Å². The van der Waals surface area contributed by atoms with E-state index in [9.17, 15) is 0 Å². The van der Waals surface area contributed by atoms with E-state index < -0.39 is 0 Å². The molecule has 1 aliphatic carbocycles. The minimum Gasteiger partial charge on any atom is -0.385 e. The second kappa shape index (κ2) is 6.96. The van der Waals surface area contributed by atoms with Gasteiger partial charge in [0.25, 0.3) is 0 Å². The van der Waals surface area contributed by atoms with Gasteiger partial charge >= 0.3 is 0 Å². The van der Waals surface area contributed by atoms with Crippen molar-refractivity contribution in [1.82, 2.24) is 15.3 Å². The number of nitrogens with zero attached hydrogens (tertiary/aromatic N) is 2. The molecule has 0 aromatic carbocycles. The number of rotatable bonds is 8. The highest BCUT2D eigenvalue weighted by atomic mass is 16.5.